The number of nitrogens with zero attached hydrogens (tertiary/aromatic N) is 1. The van der Waals surface area contributed by atoms with Crippen LogP contribution in [0.3, 0.4) is 0 Å². The van der Waals surface area contributed by atoms with Crippen molar-refractivity contribution in [1.29, 1.82) is 0 Å². The van der Waals surface area contributed by atoms with Crippen LogP contribution in [0.1, 0.15) is 19.3 Å². The second-order valence-corrected chi connectivity index (χ2v) is 6.79. The Balaban J connectivity index is 2.17. The molecule has 0 radical (unpaired) electrons. The number of ether oxygens (including phenoxy) is 1. The largest absolute Gasteiger partial charge is 0.469 e. The smallest absolute Gasteiger partial charge is 0.307 e. The monoisotopic (exact) mass is 312 g/mol. The van der Waals surface area contributed by atoms with Gasteiger partial charge in [-0.15, -0.1) is 0 Å². The lowest BCUT2D eigenvalue weighted by atomic mass is 10.3. The predicted octanol–water partition coefficient (Wildman–Crippen LogP) is 1.13. The van der Waals surface area contributed by atoms with Crippen molar-refractivity contribution in [3.63, 3.8) is 0 Å². The molecule has 0 atom stereocenters. The molecule has 0 bridgehead atoms. The van der Waals surface area contributed by atoms with E-state index in [1.165, 1.54) is 7.11 Å². The van der Waals surface area contributed by atoms with Crippen LogP contribution in [0.4, 0.5) is 5.69 Å². The van der Waals surface area contributed by atoms with E-state index in [1.807, 2.05) is 0 Å². The van der Waals surface area contributed by atoms with E-state index in [9.17, 15) is 13.2 Å². The molecule has 1 saturated carbocycles. The van der Waals surface area contributed by atoms with E-state index in [0.29, 0.717) is 12.2 Å². The van der Waals surface area contributed by atoms with E-state index in [1.54, 1.807) is 36.2 Å². The highest BCUT2D eigenvalue weighted by atomic mass is 32.2. The number of esters is 1. The van der Waals surface area contributed by atoms with E-state index in [0.717, 1.165) is 12.8 Å². The van der Waals surface area contributed by atoms with Crippen LogP contribution in [0.25, 0.3) is 0 Å². The number of carbonyl (C=O) groups is 1. The van der Waals surface area contributed by atoms with E-state index in [2.05, 4.69) is 9.46 Å². The van der Waals surface area contributed by atoms with Gasteiger partial charge in [-0.1, -0.05) is 12.1 Å². The molecule has 0 saturated heterocycles. The summed E-state index contributed by atoms with van der Waals surface area (Å²) in [5, 5.41) is 0. The van der Waals surface area contributed by atoms with Crippen LogP contribution in [0.5, 0.6) is 0 Å². The Morgan fingerprint density at radius 3 is 2.67 bits per heavy atom. The summed E-state index contributed by atoms with van der Waals surface area (Å²) in [5.74, 6) is -0.321. The molecule has 6 nitrogen and oxygen atoms in total. The fraction of sp³-hybridized carbons (Fsp3) is 0.500. The number of hydrogen-bond donors (Lipinski definition) is 1. The van der Waals surface area contributed by atoms with Crippen molar-refractivity contribution in [3.05, 3.63) is 24.3 Å². The highest BCUT2D eigenvalue weighted by molar-refractivity contribution is 7.89. The van der Waals surface area contributed by atoms with Gasteiger partial charge in [-0.2, -0.15) is 0 Å². The third-order valence-corrected chi connectivity index (χ3v) is 4.91. The van der Waals surface area contributed by atoms with Gasteiger partial charge in [0.15, 0.2) is 0 Å². The summed E-state index contributed by atoms with van der Waals surface area (Å²) in [6, 6.07) is 6.84. The first kappa shape index (κ1) is 15.8. The molecule has 116 valence electrons. The third-order valence-electron chi connectivity index (χ3n) is 3.34. The van der Waals surface area contributed by atoms with Gasteiger partial charge in [0.05, 0.1) is 19.2 Å². The van der Waals surface area contributed by atoms with Gasteiger partial charge in [0.1, 0.15) is 4.90 Å². The fourth-order valence-corrected chi connectivity index (χ4v) is 3.52. The predicted molar refractivity (Wildman–Crippen MR) is 79.7 cm³/mol. The van der Waals surface area contributed by atoms with Crippen molar-refractivity contribution < 1.29 is 17.9 Å². The molecule has 21 heavy (non-hydrogen) atoms. The average molecular weight is 312 g/mol. The first-order valence-electron chi connectivity index (χ1n) is 6.83. The molecule has 0 unspecified atom stereocenters. The molecule has 1 aromatic carbocycles. The minimum atomic E-state index is -3.52. The van der Waals surface area contributed by atoms with Crippen molar-refractivity contribution in [2.75, 3.05) is 25.6 Å². The summed E-state index contributed by atoms with van der Waals surface area (Å²) in [4.78, 5) is 13.2. The highest BCUT2D eigenvalue weighted by Gasteiger charge is 2.29. The Labute approximate surface area is 125 Å². The molecule has 1 aliphatic rings. The minimum absolute atomic E-state index is 0.0587. The summed E-state index contributed by atoms with van der Waals surface area (Å²) in [6.45, 7) is 0.392. The maximum absolute atomic E-state index is 12.4. The first-order valence-corrected chi connectivity index (χ1v) is 8.31. The number of rotatable bonds is 7. The zero-order valence-electron chi connectivity index (χ0n) is 12.2. The summed E-state index contributed by atoms with van der Waals surface area (Å²) < 4.78 is 32.0. The van der Waals surface area contributed by atoms with Crippen LogP contribution >= 0.6 is 0 Å². The molecule has 0 aromatic heterocycles. The maximum atomic E-state index is 12.4. The first-order chi connectivity index (χ1) is 9.94. The quantitative estimate of drug-likeness (QED) is 0.764. The Morgan fingerprint density at radius 2 is 2.05 bits per heavy atom. The summed E-state index contributed by atoms with van der Waals surface area (Å²) >= 11 is 0. The van der Waals surface area contributed by atoms with E-state index in [4.69, 9.17) is 0 Å². The van der Waals surface area contributed by atoms with E-state index in [-0.39, 0.29) is 23.3 Å². The normalized spacial score (nSPS) is 14.8. The molecule has 0 aliphatic heterocycles. The molecular formula is C14H20N2O4S. The number of sulfonamides is 1. The van der Waals surface area contributed by atoms with Crippen LogP contribution in [0.2, 0.25) is 0 Å². The van der Waals surface area contributed by atoms with Crippen molar-refractivity contribution in [2.45, 2.75) is 30.2 Å². The second kappa shape index (κ2) is 6.44. The lowest BCUT2D eigenvalue weighted by Gasteiger charge is -2.22. The Kier molecular flexibility index (Phi) is 4.84. The zero-order valence-corrected chi connectivity index (χ0v) is 13.0. The van der Waals surface area contributed by atoms with Gasteiger partial charge in [-0.3, -0.25) is 4.79 Å². The number of anilines is 1. The van der Waals surface area contributed by atoms with Gasteiger partial charge in [-0.05, 0) is 25.0 Å². The number of para-hydroxylation sites is 1. The SMILES string of the molecule is COC(=O)CCN(C)c1ccccc1S(=O)(=O)NC1CC1. The summed E-state index contributed by atoms with van der Waals surface area (Å²) in [5.41, 5.74) is 0.578. The summed E-state index contributed by atoms with van der Waals surface area (Å²) in [7, 11) is -0.433. The van der Waals surface area contributed by atoms with Gasteiger partial charge >= 0.3 is 5.97 Å². The molecule has 7 heteroatoms. The molecule has 0 spiro atoms. The molecule has 1 fully saturated rings. The van der Waals surface area contributed by atoms with Crippen LogP contribution in [-0.4, -0.2) is 41.1 Å². The highest BCUT2D eigenvalue weighted by Crippen LogP contribution is 2.27. The van der Waals surface area contributed by atoms with Crippen LogP contribution in [0, 0.1) is 0 Å². The molecule has 1 aromatic rings. The van der Waals surface area contributed by atoms with Gasteiger partial charge in [0.25, 0.3) is 0 Å². The molecule has 1 N–H and O–H groups in total. The van der Waals surface area contributed by atoms with Gasteiger partial charge in [-0.25, -0.2) is 13.1 Å². The second-order valence-electron chi connectivity index (χ2n) is 5.11. The molecule has 2 rings (SSSR count). The van der Waals surface area contributed by atoms with Gasteiger partial charge in [0, 0.05) is 19.6 Å². The van der Waals surface area contributed by atoms with Crippen LogP contribution in [-0.2, 0) is 19.6 Å². The topological polar surface area (TPSA) is 75.7 Å². The van der Waals surface area contributed by atoms with Crippen LogP contribution in [0.15, 0.2) is 29.2 Å². The average Bonchev–Trinajstić information content (AvgIpc) is 3.27. The van der Waals surface area contributed by atoms with Gasteiger partial charge < -0.3 is 9.64 Å². The number of hydrogen-bond acceptors (Lipinski definition) is 5. The number of carbonyl (C=O) groups excluding carboxylic acids is 1. The summed E-state index contributed by atoms with van der Waals surface area (Å²) in [6.07, 6.45) is 1.98. The molecule has 0 amide bonds. The number of nitrogens with one attached hydrogen (secondary N) is 1. The van der Waals surface area contributed by atoms with Crippen molar-refractivity contribution >= 4 is 21.7 Å². The number of benzene rings is 1. The lowest BCUT2D eigenvalue weighted by molar-refractivity contribution is -0.140. The minimum Gasteiger partial charge on any atom is -0.469 e. The third kappa shape index (κ3) is 4.18. The lowest BCUT2D eigenvalue weighted by Crippen LogP contribution is -2.29. The molecule has 0 heterocycles. The van der Waals surface area contributed by atoms with Crippen molar-refractivity contribution in [3.8, 4) is 0 Å². The van der Waals surface area contributed by atoms with Crippen LogP contribution < -0.4 is 9.62 Å². The van der Waals surface area contributed by atoms with Gasteiger partial charge in [0.2, 0.25) is 10.0 Å². The van der Waals surface area contributed by atoms with E-state index >= 15 is 0 Å². The number of methoxy groups -OCH3 is 1. The zero-order chi connectivity index (χ0) is 15.5. The van der Waals surface area contributed by atoms with Crippen molar-refractivity contribution in [2.24, 2.45) is 0 Å². The maximum Gasteiger partial charge on any atom is 0.307 e. The van der Waals surface area contributed by atoms with Crippen molar-refractivity contribution in [1.82, 2.24) is 4.72 Å². The molecular weight excluding hydrogens is 292 g/mol. The Hall–Kier alpha value is -1.60. The standard InChI is InChI=1S/C14H20N2O4S/c1-16(10-9-14(17)20-2)12-5-3-4-6-13(12)21(18,19)15-11-7-8-11/h3-6,11,15H,7-10H2,1-2H3. The Morgan fingerprint density at radius 1 is 1.38 bits per heavy atom. The Bertz CT molecular complexity index is 611. The molecule has 1 aliphatic carbocycles. The van der Waals surface area contributed by atoms with E-state index < -0.39 is 10.0 Å². The fourth-order valence-electron chi connectivity index (χ4n) is 1.97.